The fourth-order valence-electron chi connectivity index (χ4n) is 4.98. The number of aliphatic carboxylic acids is 1. The van der Waals surface area contributed by atoms with Gasteiger partial charge in [-0.1, -0.05) is 23.7 Å². The Morgan fingerprint density at radius 1 is 1.17 bits per heavy atom. The number of rotatable bonds is 7. The highest BCUT2D eigenvalue weighted by Gasteiger charge is 2.32. The fourth-order valence-corrected chi connectivity index (χ4v) is 6.20. The molecule has 1 aliphatic heterocycles. The normalized spacial score (nSPS) is 15.0. The van der Waals surface area contributed by atoms with E-state index in [4.69, 9.17) is 26.3 Å². The van der Waals surface area contributed by atoms with Crippen LogP contribution in [0.4, 0.5) is 5.95 Å². The number of aromatic nitrogens is 3. The molecule has 41 heavy (non-hydrogen) atoms. The highest BCUT2D eigenvalue weighted by molar-refractivity contribution is 7.22. The van der Waals surface area contributed by atoms with Crippen molar-refractivity contribution < 1.29 is 19.4 Å². The zero-order valence-corrected chi connectivity index (χ0v) is 25.2. The van der Waals surface area contributed by atoms with Crippen LogP contribution in [-0.2, 0) is 14.3 Å². The number of anilines is 1. The summed E-state index contributed by atoms with van der Waals surface area (Å²) in [5.74, 6) is -0.542. The molecule has 2 aromatic carbocycles. The van der Waals surface area contributed by atoms with E-state index in [1.54, 1.807) is 24.4 Å². The van der Waals surface area contributed by atoms with Crippen molar-refractivity contribution in [3.63, 3.8) is 0 Å². The Morgan fingerprint density at radius 3 is 2.54 bits per heavy atom. The van der Waals surface area contributed by atoms with Crippen molar-refractivity contribution in [3.8, 4) is 21.8 Å². The van der Waals surface area contributed by atoms with Gasteiger partial charge in [-0.2, -0.15) is 0 Å². The summed E-state index contributed by atoms with van der Waals surface area (Å²) >= 11 is 7.64. The number of hydrogen-bond donors (Lipinski definition) is 1. The van der Waals surface area contributed by atoms with Gasteiger partial charge in [0.1, 0.15) is 10.7 Å². The number of ether oxygens (including phenoxy) is 1. The van der Waals surface area contributed by atoms with E-state index in [1.807, 2.05) is 62.6 Å². The number of benzene rings is 2. The number of nitrogens with zero attached hydrogens (tertiary/aromatic N) is 5. The van der Waals surface area contributed by atoms with Crippen molar-refractivity contribution in [1.82, 2.24) is 19.9 Å². The number of carbonyl (C=O) groups is 2. The molecule has 0 radical (unpaired) electrons. The third kappa shape index (κ3) is 6.05. The van der Waals surface area contributed by atoms with Gasteiger partial charge in [0.2, 0.25) is 11.9 Å². The zero-order valence-electron chi connectivity index (χ0n) is 23.6. The molecule has 3 heterocycles. The van der Waals surface area contributed by atoms with Crippen LogP contribution in [0.15, 0.2) is 42.6 Å². The molecule has 0 aliphatic carbocycles. The second-order valence-electron chi connectivity index (χ2n) is 10.9. The smallest absolute Gasteiger partial charge is 0.337 e. The number of aryl methyl sites for hydroxylation is 1. The van der Waals surface area contributed by atoms with E-state index in [-0.39, 0.29) is 12.5 Å². The molecule has 1 amide bonds. The van der Waals surface area contributed by atoms with E-state index >= 15 is 0 Å². The molecule has 2 aromatic heterocycles. The second-order valence-corrected chi connectivity index (χ2v) is 12.4. The van der Waals surface area contributed by atoms with Crippen LogP contribution in [0.5, 0.6) is 0 Å². The summed E-state index contributed by atoms with van der Waals surface area (Å²) in [6.45, 7) is 11.5. The Hall–Kier alpha value is -3.60. The number of hydrogen-bond acceptors (Lipinski definition) is 8. The molecule has 5 rings (SSSR count). The standard InChI is InChI=1S/C30H32ClN5O4S/c1-6-35-13-14-36(16-22(35)37)29-32-12-11-20(34-29)27-33-21-15-17(2)23(25(28(38)39)40-30(3,4)5)24(26(21)41-27)18-7-9-19(31)10-8-18/h7-12,15,25H,6,13-14,16H2,1-5H3,(H,38,39). The van der Waals surface area contributed by atoms with E-state index in [9.17, 15) is 14.7 Å². The monoisotopic (exact) mass is 593 g/mol. The van der Waals surface area contributed by atoms with Crippen LogP contribution in [0.25, 0.3) is 32.0 Å². The first-order chi connectivity index (χ1) is 19.4. The van der Waals surface area contributed by atoms with Crippen LogP contribution < -0.4 is 4.90 Å². The highest BCUT2D eigenvalue weighted by Crippen LogP contribution is 2.44. The van der Waals surface area contributed by atoms with Crippen LogP contribution >= 0.6 is 22.9 Å². The first-order valence-corrected chi connectivity index (χ1v) is 14.6. The average molecular weight is 594 g/mol. The lowest BCUT2D eigenvalue weighted by atomic mass is 9.91. The van der Waals surface area contributed by atoms with Crippen LogP contribution in [0.3, 0.4) is 0 Å². The number of amides is 1. The maximum Gasteiger partial charge on any atom is 0.337 e. The first-order valence-electron chi connectivity index (χ1n) is 13.4. The summed E-state index contributed by atoms with van der Waals surface area (Å²) < 4.78 is 6.92. The molecular formula is C30H32ClN5O4S. The number of halogens is 1. The van der Waals surface area contributed by atoms with Crippen LogP contribution in [0.1, 0.15) is 44.9 Å². The maximum atomic E-state index is 12.6. The second kappa shape index (κ2) is 11.3. The van der Waals surface area contributed by atoms with Crippen molar-refractivity contribution in [3.05, 3.63) is 58.7 Å². The van der Waals surface area contributed by atoms with E-state index in [0.29, 0.717) is 46.9 Å². The third-order valence-corrected chi connectivity index (χ3v) is 8.23. The van der Waals surface area contributed by atoms with E-state index in [1.165, 1.54) is 11.3 Å². The number of piperazine rings is 1. The lowest BCUT2D eigenvalue weighted by molar-refractivity contribution is -0.160. The molecule has 214 valence electrons. The maximum absolute atomic E-state index is 12.6. The first kappa shape index (κ1) is 28.9. The lowest BCUT2D eigenvalue weighted by Crippen LogP contribution is -2.50. The number of fused-ring (bicyclic) bond motifs is 1. The van der Waals surface area contributed by atoms with Gasteiger partial charge in [0.15, 0.2) is 6.10 Å². The van der Waals surface area contributed by atoms with Gasteiger partial charge in [-0.15, -0.1) is 11.3 Å². The third-order valence-electron chi connectivity index (χ3n) is 6.86. The summed E-state index contributed by atoms with van der Waals surface area (Å²) in [7, 11) is 0. The molecule has 1 saturated heterocycles. The van der Waals surface area contributed by atoms with E-state index in [0.717, 1.165) is 26.9 Å². The number of thiazole rings is 1. The van der Waals surface area contributed by atoms with Gasteiger partial charge in [0, 0.05) is 42.0 Å². The molecule has 0 saturated carbocycles. The summed E-state index contributed by atoms with van der Waals surface area (Å²) in [5.41, 5.74) is 3.55. The molecule has 1 unspecified atom stereocenters. The molecule has 4 aromatic rings. The SMILES string of the molecule is CCN1CCN(c2nccc(-c3nc4cc(C)c(C(OC(C)(C)C)C(=O)O)c(-c5ccc(Cl)cc5)c4s3)n2)CC1=O. The largest absolute Gasteiger partial charge is 0.479 e. The van der Waals surface area contributed by atoms with E-state index < -0.39 is 17.7 Å². The van der Waals surface area contributed by atoms with Crippen molar-refractivity contribution in [1.29, 1.82) is 0 Å². The topological polar surface area (TPSA) is 109 Å². The van der Waals surface area contributed by atoms with Crippen LogP contribution in [0, 0.1) is 6.92 Å². The molecule has 1 aliphatic rings. The Morgan fingerprint density at radius 2 is 1.90 bits per heavy atom. The van der Waals surface area contributed by atoms with E-state index in [2.05, 4.69) is 4.98 Å². The van der Waals surface area contributed by atoms with Gasteiger partial charge in [-0.05, 0) is 70.0 Å². The summed E-state index contributed by atoms with van der Waals surface area (Å²) in [5, 5.41) is 11.5. The minimum Gasteiger partial charge on any atom is -0.479 e. The zero-order chi connectivity index (χ0) is 29.5. The molecular weight excluding hydrogens is 562 g/mol. The Balaban J connectivity index is 1.65. The Kier molecular flexibility index (Phi) is 8.00. The fraction of sp³-hybridized carbons (Fsp3) is 0.367. The Labute approximate surface area is 247 Å². The molecule has 1 N–H and O–H groups in total. The van der Waals surface area contributed by atoms with Crippen molar-refractivity contribution in [2.24, 2.45) is 0 Å². The molecule has 0 bridgehead atoms. The molecule has 0 spiro atoms. The van der Waals surface area contributed by atoms with Gasteiger partial charge in [0.05, 0.1) is 22.4 Å². The summed E-state index contributed by atoms with van der Waals surface area (Å²) in [6.07, 6.45) is 0.482. The van der Waals surface area contributed by atoms with Gasteiger partial charge in [0.25, 0.3) is 0 Å². The van der Waals surface area contributed by atoms with Crippen molar-refractivity contribution in [2.45, 2.75) is 46.3 Å². The van der Waals surface area contributed by atoms with Gasteiger partial charge >= 0.3 is 5.97 Å². The molecule has 9 nitrogen and oxygen atoms in total. The highest BCUT2D eigenvalue weighted by atomic mass is 35.5. The van der Waals surface area contributed by atoms with Gasteiger partial charge in [-0.25, -0.2) is 19.7 Å². The summed E-state index contributed by atoms with van der Waals surface area (Å²) in [6, 6.07) is 11.0. The minimum atomic E-state index is -1.19. The lowest BCUT2D eigenvalue weighted by Gasteiger charge is -2.33. The number of likely N-dealkylation sites (N-methyl/N-ethyl adjacent to an activating group) is 1. The van der Waals surface area contributed by atoms with Crippen molar-refractivity contribution in [2.75, 3.05) is 31.1 Å². The predicted octanol–water partition coefficient (Wildman–Crippen LogP) is 5.99. The van der Waals surface area contributed by atoms with Gasteiger partial charge in [-0.3, -0.25) is 4.79 Å². The van der Waals surface area contributed by atoms with Crippen LogP contribution in [0.2, 0.25) is 5.02 Å². The Bertz CT molecular complexity index is 1620. The average Bonchev–Trinajstić information content (AvgIpc) is 3.35. The number of carboxylic acid groups (broad SMARTS) is 1. The van der Waals surface area contributed by atoms with Crippen molar-refractivity contribution >= 4 is 51.0 Å². The van der Waals surface area contributed by atoms with Gasteiger partial charge < -0.3 is 19.6 Å². The molecule has 11 heteroatoms. The minimum absolute atomic E-state index is 0.0498. The molecule has 1 atom stereocenters. The van der Waals surface area contributed by atoms with Crippen LogP contribution in [-0.4, -0.2) is 68.6 Å². The predicted molar refractivity (Wildman–Crippen MR) is 162 cm³/mol. The molecule has 1 fully saturated rings. The number of carboxylic acids is 1. The number of carbonyl (C=O) groups excluding carboxylic acids is 1. The summed E-state index contributed by atoms with van der Waals surface area (Å²) in [4.78, 5) is 42.9. The quantitative estimate of drug-likeness (QED) is 0.278.